The van der Waals surface area contributed by atoms with Crippen LogP contribution in [0.25, 0.3) is 22.9 Å². The van der Waals surface area contributed by atoms with Crippen molar-refractivity contribution < 1.29 is 18.6 Å². The second kappa shape index (κ2) is 6.39. The van der Waals surface area contributed by atoms with Crippen molar-refractivity contribution in [3.05, 3.63) is 42.5 Å². The van der Waals surface area contributed by atoms with E-state index in [0.29, 0.717) is 34.6 Å². The van der Waals surface area contributed by atoms with Gasteiger partial charge in [-0.1, -0.05) is 18.2 Å². The van der Waals surface area contributed by atoms with Crippen LogP contribution in [0.1, 0.15) is 0 Å². The molecule has 0 unspecified atom stereocenters. The molecule has 0 fully saturated rings. The summed E-state index contributed by atoms with van der Waals surface area (Å²) in [7, 11) is 4.75. The number of rotatable bonds is 5. The largest absolute Gasteiger partial charge is 0.496 e. The van der Waals surface area contributed by atoms with Gasteiger partial charge in [-0.3, -0.25) is 0 Å². The quantitative estimate of drug-likeness (QED) is 0.719. The van der Waals surface area contributed by atoms with E-state index in [1.807, 2.05) is 36.4 Å². The predicted octanol–water partition coefficient (Wildman–Crippen LogP) is 3.43. The second-order valence-corrected chi connectivity index (χ2v) is 4.65. The van der Waals surface area contributed by atoms with E-state index in [9.17, 15) is 0 Å². The minimum absolute atomic E-state index is 0.349. The average Bonchev–Trinajstić information content (AvgIpc) is 3.10. The third-order valence-electron chi connectivity index (χ3n) is 3.40. The van der Waals surface area contributed by atoms with E-state index in [2.05, 4.69) is 10.2 Å². The van der Waals surface area contributed by atoms with Crippen LogP contribution < -0.4 is 14.2 Å². The zero-order valence-corrected chi connectivity index (χ0v) is 13.1. The van der Waals surface area contributed by atoms with Crippen LogP contribution in [0.4, 0.5) is 0 Å². The maximum atomic E-state index is 5.80. The molecule has 3 aromatic rings. The topological polar surface area (TPSA) is 66.6 Å². The first kappa shape index (κ1) is 14.9. The van der Waals surface area contributed by atoms with Gasteiger partial charge in [-0.05, 0) is 24.3 Å². The molecular formula is C17H16N2O4. The minimum atomic E-state index is 0.349. The van der Waals surface area contributed by atoms with Crippen molar-refractivity contribution in [1.82, 2.24) is 10.2 Å². The molecule has 6 heteroatoms. The van der Waals surface area contributed by atoms with Crippen LogP contribution in [0.3, 0.4) is 0 Å². The molecule has 0 radical (unpaired) electrons. The zero-order valence-electron chi connectivity index (χ0n) is 13.1. The highest BCUT2D eigenvalue weighted by Gasteiger charge is 2.19. The van der Waals surface area contributed by atoms with Crippen molar-refractivity contribution in [1.29, 1.82) is 0 Å². The monoisotopic (exact) mass is 312 g/mol. The Morgan fingerprint density at radius 1 is 0.696 bits per heavy atom. The lowest BCUT2D eigenvalue weighted by Crippen LogP contribution is -1.93. The van der Waals surface area contributed by atoms with Gasteiger partial charge < -0.3 is 18.6 Å². The molecule has 0 aliphatic heterocycles. The van der Waals surface area contributed by atoms with Crippen LogP contribution >= 0.6 is 0 Å². The lowest BCUT2D eigenvalue weighted by Gasteiger charge is -2.09. The molecule has 0 aliphatic carbocycles. The minimum Gasteiger partial charge on any atom is -0.496 e. The molecule has 118 valence electrons. The SMILES string of the molecule is COc1ccccc1-c1nnc(-c2cccc(OC)c2OC)o1. The van der Waals surface area contributed by atoms with E-state index in [-0.39, 0.29) is 0 Å². The van der Waals surface area contributed by atoms with E-state index in [4.69, 9.17) is 18.6 Å². The number of hydrogen-bond donors (Lipinski definition) is 0. The second-order valence-electron chi connectivity index (χ2n) is 4.65. The van der Waals surface area contributed by atoms with E-state index >= 15 is 0 Å². The normalized spacial score (nSPS) is 10.4. The predicted molar refractivity (Wildman–Crippen MR) is 84.8 cm³/mol. The van der Waals surface area contributed by atoms with Crippen LogP contribution in [0.15, 0.2) is 46.9 Å². The van der Waals surface area contributed by atoms with Crippen molar-refractivity contribution in [2.24, 2.45) is 0 Å². The van der Waals surface area contributed by atoms with Crippen LogP contribution in [0.5, 0.6) is 17.2 Å². The van der Waals surface area contributed by atoms with E-state index in [1.54, 1.807) is 27.4 Å². The third-order valence-corrected chi connectivity index (χ3v) is 3.40. The molecule has 1 aromatic heterocycles. The van der Waals surface area contributed by atoms with Gasteiger partial charge in [0.2, 0.25) is 0 Å². The van der Waals surface area contributed by atoms with Gasteiger partial charge in [-0.2, -0.15) is 0 Å². The molecular weight excluding hydrogens is 296 g/mol. The highest BCUT2D eigenvalue weighted by atomic mass is 16.5. The lowest BCUT2D eigenvalue weighted by molar-refractivity contribution is 0.355. The van der Waals surface area contributed by atoms with Crippen LogP contribution in [0, 0.1) is 0 Å². The molecule has 6 nitrogen and oxygen atoms in total. The Kier molecular flexibility index (Phi) is 4.14. The molecule has 0 saturated heterocycles. The van der Waals surface area contributed by atoms with Crippen molar-refractivity contribution in [2.45, 2.75) is 0 Å². The number of para-hydroxylation sites is 2. The fourth-order valence-corrected chi connectivity index (χ4v) is 2.32. The summed E-state index contributed by atoms with van der Waals surface area (Å²) in [5, 5.41) is 8.22. The van der Waals surface area contributed by atoms with Crippen LogP contribution in [-0.4, -0.2) is 31.5 Å². The smallest absolute Gasteiger partial charge is 0.252 e. The number of hydrogen-bond acceptors (Lipinski definition) is 6. The molecule has 0 spiro atoms. The van der Waals surface area contributed by atoms with E-state index < -0.39 is 0 Å². The summed E-state index contributed by atoms with van der Waals surface area (Å²) in [6.07, 6.45) is 0. The number of methoxy groups -OCH3 is 3. The van der Waals surface area contributed by atoms with Gasteiger partial charge in [-0.25, -0.2) is 0 Å². The van der Waals surface area contributed by atoms with E-state index in [0.717, 1.165) is 5.56 Å². The summed E-state index contributed by atoms with van der Waals surface area (Å²) in [5.41, 5.74) is 1.40. The Hall–Kier alpha value is -3.02. The summed E-state index contributed by atoms with van der Waals surface area (Å²) >= 11 is 0. The molecule has 0 bridgehead atoms. The van der Waals surface area contributed by atoms with Crippen molar-refractivity contribution in [3.8, 4) is 40.2 Å². The molecule has 0 aliphatic rings. The Labute approximate surface area is 133 Å². The molecule has 3 rings (SSSR count). The first-order chi connectivity index (χ1) is 11.3. The van der Waals surface area contributed by atoms with Crippen molar-refractivity contribution >= 4 is 0 Å². The number of aromatic nitrogens is 2. The molecule has 0 amide bonds. The van der Waals surface area contributed by atoms with Gasteiger partial charge in [0, 0.05) is 0 Å². The highest BCUT2D eigenvalue weighted by molar-refractivity contribution is 5.69. The van der Waals surface area contributed by atoms with Crippen molar-refractivity contribution in [2.75, 3.05) is 21.3 Å². The first-order valence-electron chi connectivity index (χ1n) is 6.96. The first-order valence-corrected chi connectivity index (χ1v) is 6.96. The summed E-state index contributed by atoms with van der Waals surface area (Å²) in [5.74, 6) is 2.54. The summed E-state index contributed by atoms with van der Waals surface area (Å²) in [6.45, 7) is 0. The highest BCUT2D eigenvalue weighted by Crippen LogP contribution is 2.38. The summed E-state index contributed by atoms with van der Waals surface area (Å²) < 4.78 is 21.8. The van der Waals surface area contributed by atoms with E-state index in [1.165, 1.54) is 0 Å². The fourth-order valence-electron chi connectivity index (χ4n) is 2.32. The van der Waals surface area contributed by atoms with Gasteiger partial charge in [0.1, 0.15) is 5.75 Å². The molecule has 0 N–H and O–H groups in total. The average molecular weight is 312 g/mol. The number of nitrogens with zero attached hydrogens (tertiary/aromatic N) is 2. The maximum Gasteiger partial charge on any atom is 0.252 e. The maximum absolute atomic E-state index is 5.80. The molecule has 0 saturated carbocycles. The molecule has 23 heavy (non-hydrogen) atoms. The summed E-state index contributed by atoms with van der Waals surface area (Å²) in [6, 6.07) is 12.9. The standard InChI is InChI=1S/C17H16N2O4/c1-20-13-9-5-4-7-11(13)16-18-19-17(23-16)12-8-6-10-14(21-2)15(12)22-3/h4-10H,1-3H3. The summed E-state index contributed by atoms with van der Waals surface area (Å²) in [4.78, 5) is 0. The number of benzene rings is 2. The Morgan fingerprint density at radius 3 is 2.00 bits per heavy atom. The van der Waals surface area contributed by atoms with Crippen molar-refractivity contribution in [3.63, 3.8) is 0 Å². The molecule has 0 atom stereocenters. The van der Waals surface area contributed by atoms with Gasteiger partial charge in [0.15, 0.2) is 11.5 Å². The van der Waals surface area contributed by atoms with Crippen LogP contribution in [-0.2, 0) is 0 Å². The zero-order chi connectivity index (χ0) is 16.2. The molecule has 1 heterocycles. The Morgan fingerprint density at radius 2 is 1.30 bits per heavy atom. The Balaban J connectivity index is 2.06. The van der Waals surface area contributed by atoms with Gasteiger partial charge in [0.05, 0.1) is 32.5 Å². The van der Waals surface area contributed by atoms with Gasteiger partial charge in [0.25, 0.3) is 11.8 Å². The fraction of sp³-hybridized carbons (Fsp3) is 0.176. The van der Waals surface area contributed by atoms with Crippen LogP contribution in [0.2, 0.25) is 0 Å². The number of ether oxygens (including phenoxy) is 3. The molecule has 2 aromatic carbocycles. The third kappa shape index (κ3) is 2.70. The Bertz CT molecular complexity index is 814. The van der Waals surface area contributed by atoms with Gasteiger partial charge in [-0.15, -0.1) is 10.2 Å². The lowest BCUT2D eigenvalue weighted by atomic mass is 10.2. The van der Waals surface area contributed by atoms with Gasteiger partial charge >= 0.3 is 0 Å².